The van der Waals surface area contributed by atoms with Crippen LogP contribution in [0.3, 0.4) is 0 Å². The lowest BCUT2D eigenvalue weighted by molar-refractivity contribution is -0.137. The number of terminal acetylenes is 1. The average Bonchev–Trinajstić information content (AvgIpc) is 2.71. The van der Waals surface area contributed by atoms with Gasteiger partial charge in [0.2, 0.25) is 0 Å². The van der Waals surface area contributed by atoms with Crippen molar-refractivity contribution >= 4 is 29.4 Å². The first-order valence-corrected chi connectivity index (χ1v) is 9.38. The van der Waals surface area contributed by atoms with Crippen LogP contribution in [0.4, 0.5) is 18.9 Å². The van der Waals surface area contributed by atoms with Crippen LogP contribution in [0.15, 0.2) is 41.5 Å². The molecule has 0 bridgehead atoms. The third kappa shape index (κ3) is 7.42. The van der Waals surface area contributed by atoms with Gasteiger partial charge < -0.3 is 14.8 Å². The average molecular weight is 454 g/mol. The van der Waals surface area contributed by atoms with Crippen LogP contribution in [0.5, 0.6) is 11.5 Å². The van der Waals surface area contributed by atoms with Crippen molar-refractivity contribution in [2.75, 3.05) is 25.1 Å². The second-order valence-electron chi connectivity index (χ2n) is 5.98. The minimum absolute atomic E-state index is 0.0160. The molecule has 0 aliphatic carbocycles. The van der Waals surface area contributed by atoms with Crippen LogP contribution in [-0.4, -0.2) is 31.9 Å². The zero-order chi connectivity index (χ0) is 22.9. The number of carbonyl (C=O) groups is 1. The Morgan fingerprint density at radius 1 is 1.29 bits per heavy atom. The predicted molar refractivity (Wildman–Crippen MR) is 113 cm³/mol. The van der Waals surface area contributed by atoms with Gasteiger partial charge in [0.1, 0.15) is 6.61 Å². The van der Waals surface area contributed by atoms with Crippen molar-refractivity contribution in [3.05, 3.63) is 52.5 Å². The highest BCUT2D eigenvalue weighted by Gasteiger charge is 2.30. The molecule has 0 aliphatic rings. The van der Waals surface area contributed by atoms with E-state index in [1.807, 2.05) is 0 Å². The number of nitrogens with one attached hydrogen (secondary N) is 2. The van der Waals surface area contributed by atoms with Gasteiger partial charge in [0, 0.05) is 5.69 Å². The Hall–Kier alpha value is -3.38. The monoisotopic (exact) mass is 453 g/mol. The molecule has 0 aromatic heterocycles. The van der Waals surface area contributed by atoms with Crippen LogP contribution >= 0.6 is 11.6 Å². The van der Waals surface area contributed by atoms with Crippen LogP contribution in [0.1, 0.15) is 18.1 Å². The lowest BCUT2D eigenvalue weighted by Gasteiger charge is -2.12. The van der Waals surface area contributed by atoms with Gasteiger partial charge in [0.05, 0.1) is 30.0 Å². The molecular weight excluding hydrogens is 435 g/mol. The summed E-state index contributed by atoms with van der Waals surface area (Å²) >= 11 is 6.20. The van der Waals surface area contributed by atoms with Gasteiger partial charge in [-0.1, -0.05) is 23.6 Å². The highest BCUT2D eigenvalue weighted by Crippen LogP contribution is 2.36. The Morgan fingerprint density at radius 3 is 2.74 bits per heavy atom. The molecule has 2 rings (SSSR count). The molecule has 0 aliphatic heterocycles. The molecule has 0 saturated carbocycles. The normalized spacial score (nSPS) is 11.1. The summed E-state index contributed by atoms with van der Waals surface area (Å²) in [5, 5.41) is 6.67. The number of halogens is 4. The number of carbonyl (C=O) groups excluding carboxylic acids is 1. The summed E-state index contributed by atoms with van der Waals surface area (Å²) in [6.45, 7) is 1.89. The molecule has 10 heteroatoms. The fourth-order valence-corrected chi connectivity index (χ4v) is 2.66. The van der Waals surface area contributed by atoms with Gasteiger partial charge in [0.15, 0.2) is 11.5 Å². The maximum atomic E-state index is 12.7. The summed E-state index contributed by atoms with van der Waals surface area (Å²) in [5.74, 6) is 2.44. The molecule has 0 fully saturated rings. The van der Waals surface area contributed by atoms with Gasteiger partial charge in [-0.15, -0.1) is 6.42 Å². The maximum absolute atomic E-state index is 12.7. The Labute approximate surface area is 182 Å². The second-order valence-corrected chi connectivity index (χ2v) is 6.39. The van der Waals surface area contributed by atoms with Crippen LogP contribution in [0.25, 0.3) is 0 Å². The molecule has 0 radical (unpaired) electrons. The van der Waals surface area contributed by atoms with Crippen molar-refractivity contribution in [1.82, 2.24) is 5.43 Å². The van der Waals surface area contributed by atoms with E-state index in [1.165, 1.54) is 18.3 Å². The Bertz CT molecular complexity index is 988. The quantitative estimate of drug-likeness (QED) is 0.337. The number of amides is 1. The molecular formula is C21H19ClF3N3O3. The third-order valence-electron chi connectivity index (χ3n) is 3.68. The molecule has 2 aromatic carbocycles. The van der Waals surface area contributed by atoms with Gasteiger partial charge in [-0.3, -0.25) is 4.79 Å². The molecule has 2 aromatic rings. The number of nitrogens with zero attached hydrogens (tertiary/aromatic N) is 1. The van der Waals surface area contributed by atoms with Crippen LogP contribution in [0, 0.1) is 12.3 Å². The van der Waals surface area contributed by atoms with Crippen molar-refractivity contribution in [2.24, 2.45) is 5.10 Å². The van der Waals surface area contributed by atoms with E-state index < -0.39 is 17.6 Å². The highest BCUT2D eigenvalue weighted by molar-refractivity contribution is 6.32. The van der Waals surface area contributed by atoms with Crippen molar-refractivity contribution in [2.45, 2.75) is 13.1 Å². The van der Waals surface area contributed by atoms with Crippen LogP contribution in [-0.2, 0) is 11.0 Å². The molecule has 0 unspecified atom stereocenters. The van der Waals surface area contributed by atoms with E-state index in [0.29, 0.717) is 23.7 Å². The summed E-state index contributed by atoms with van der Waals surface area (Å²) in [4.78, 5) is 11.9. The smallest absolute Gasteiger partial charge is 0.416 e. The van der Waals surface area contributed by atoms with Gasteiger partial charge in [-0.25, -0.2) is 5.43 Å². The van der Waals surface area contributed by atoms with E-state index >= 15 is 0 Å². The molecule has 2 N–H and O–H groups in total. The maximum Gasteiger partial charge on any atom is 0.416 e. The summed E-state index contributed by atoms with van der Waals surface area (Å²) in [6.07, 6.45) is 2.06. The largest absolute Gasteiger partial charge is 0.490 e. The van der Waals surface area contributed by atoms with E-state index in [-0.39, 0.29) is 23.9 Å². The lowest BCUT2D eigenvalue weighted by Crippen LogP contribution is -2.26. The van der Waals surface area contributed by atoms with E-state index in [1.54, 1.807) is 19.1 Å². The number of hydrogen-bond acceptors (Lipinski definition) is 5. The summed E-state index contributed by atoms with van der Waals surface area (Å²) < 4.78 is 49.0. The molecule has 1 amide bonds. The first-order valence-electron chi connectivity index (χ1n) is 9.00. The van der Waals surface area contributed by atoms with Crippen molar-refractivity contribution in [3.8, 4) is 23.8 Å². The molecule has 0 atom stereocenters. The number of hydrazone groups is 1. The van der Waals surface area contributed by atoms with E-state index in [0.717, 1.165) is 12.1 Å². The van der Waals surface area contributed by atoms with Crippen molar-refractivity contribution in [1.29, 1.82) is 0 Å². The topological polar surface area (TPSA) is 72.0 Å². The van der Waals surface area contributed by atoms with Gasteiger partial charge in [-0.2, -0.15) is 18.3 Å². The predicted octanol–water partition coefficient (Wildman–Crippen LogP) is 4.33. The number of benzene rings is 2. The molecule has 0 heterocycles. The lowest BCUT2D eigenvalue weighted by atomic mass is 10.2. The fourth-order valence-electron chi connectivity index (χ4n) is 2.39. The molecule has 0 saturated heterocycles. The third-order valence-corrected chi connectivity index (χ3v) is 3.96. The highest BCUT2D eigenvalue weighted by atomic mass is 35.5. The summed E-state index contributed by atoms with van der Waals surface area (Å²) in [5.41, 5.74) is 2.14. The van der Waals surface area contributed by atoms with Gasteiger partial charge in [0.25, 0.3) is 5.91 Å². The standard InChI is InChI=1S/C21H19ClF3N3O3/c1-3-8-31-20-17(22)9-14(10-18(20)30-4-2)12-27-28-19(29)13-26-16-7-5-6-15(11-16)21(23,24)25/h1,5-7,9-12,26H,4,8,13H2,2H3,(H,28,29)/b27-12-. The molecule has 31 heavy (non-hydrogen) atoms. The first kappa shape index (κ1) is 23.9. The van der Waals surface area contributed by atoms with Crippen molar-refractivity contribution in [3.63, 3.8) is 0 Å². The number of hydrogen-bond donors (Lipinski definition) is 2. The SMILES string of the molecule is C#CCOc1c(Cl)cc(/C=N\NC(=O)CNc2cccc(C(F)(F)F)c2)cc1OCC. The van der Waals surface area contributed by atoms with Gasteiger partial charge in [-0.05, 0) is 42.8 Å². The Balaban J connectivity index is 1.97. The van der Waals surface area contributed by atoms with Crippen molar-refractivity contribution < 1.29 is 27.4 Å². The summed E-state index contributed by atoms with van der Waals surface area (Å²) in [7, 11) is 0. The Kier molecular flexibility index (Phi) is 8.58. The second kappa shape index (κ2) is 11.1. The first-order chi connectivity index (χ1) is 14.7. The van der Waals surface area contributed by atoms with Crippen LogP contribution in [0.2, 0.25) is 5.02 Å². The van der Waals surface area contributed by atoms with Crippen LogP contribution < -0.4 is 20.2 Å². The summed E-state index contributed by atoms with van der Waals surface area (Å²) in [6, 6.07) is 7.69. The fraction of sp³-hybridized carbons (Fsp3) is 0.238. The zero-order valence-corrected chi connectivity index (χ0v) is 17.2. The number of rotatable bonds is 9. The van der Waals surface area contributed by atoms with E-state index in [2.05, 4.69) is 21.8 Å². The molecule has 6 nitrogen and oxygen atoms in total. The Morgan fingerprint density at radius 2 is 2.06 bits per heavy atom. The number of anilines is 1. The molecule has 0 spiro atoms. The number of alkyl halides is 3. The molecule has 164 valence electrons. The zero-order valence-electron chi connectivity index (χ0n) is 16.4. The minimum Gasteiger partial charge on any atom is -0.490 e. The van der Waals surface area contributed by atoms with E-state index in [4.69, 9.17) is 27.5 Å². The minimum atomic E-state index is -4.47. The number of ether oxygens (including phenoxy) is 2. The van der Waals surface area contributed by atoms with Gasteiger partial charge >= 0.3 is 6.18 Å². The van der Waals surface area contributed by atoms with E-state index in [9.17, 15) is 18.0 Å².